The van der Waals surface area contributed by atoms with Gasteiger partial charge in [-0.25, -0.2) is 6.08 Å². The van der Waals surface area contributed by atoms with Crippen LogP contribution in [0.1, 0.15) is 47.9 Å². The van der Waals surface area contributed by atoms with E-state index in [9.17, 15) is 0 Å². The molecule has 2 aliphatic rings. The Morgan fingerprint density at radius 2 is 1.36 bits per heavy atom. The van der Waals surface area contributed by atoms with Crippen molar-refractivity contribution in [1.82, 2.24) is 0 Å². The van der Waals surface area contributed by atoms with Crippen LogP contribution in [0.15, 0.2) is 53.7 Å². The summed E-state index contributed by atoms with van der Waals surface area (Å²) in [6.07, 6.45) is 8.31. The fourth-order valence-corrected chi connectivity index (χ4v) is 5.71. The zero-order valence-corrected chi connectivity index (χ0v) is 22.2. The van der Waals surface area contributed by atoms with E-state index in [4.69, 9.17) is 0 Å². The van der Waals surface area contributed by atoms with Gasteiger partial charge in [-0.1, -0.05) is 79.3 Å². The molecule has 0 amide bonds. The van der Waals surface area contributed by atoms with Gasteiger partial charge < -0.3 is 24.8 Å². The minimum atomic E-state index is -1.37. The molecule has 4 rings (SSSR count). The average molecular weight is 506 g/mol. The van der Waals surface area contributed by atoms with Gasteiger partial charge in [-0.15, -0.1) is 11.6 Å². The van der Waals surface area contributed by atoms with Gasteiger partial charge in [-0.3, -0.25) is 6.08 Å². The smallest absolute Gasteiger partial charge is 0.0732 e. The Labute approximate surface area is 198 Å². The van der Waals surface area contributed by atoms with Crippen LogP contribution in [0.5, 0.6) is 0 Å². The molecule has 0 bridgehead atoms. The van der Waals surface area contributed by atoms with Crippen molar-refractivity contribution in [3.63, 3.8) is 0 Å². The standard InChI is InChI=1S/C21H21Si.C3H6.2ClH.Zr/c1-22(2,3)20-14-16-9-5-7-11-18(16)21(20)19-13-12-15-8-4-6-10-17(15)19;1-3-2;;;/h4-12,14,19,21H,1-3H3;1-2H3;2*1H;/q-1;;;;+2/p-2. The van der Waals surface area contributed by atoms with Crippen LogP contribution in [-0.4, -0.2) is 11.3 Å². The molecule has 0 aromatic heterocycles. The normalized spacial score (nSPS) is 18.6. The van der Waals surface area contributed by atoms with E-state index in [0.717, 1.165) is 0 Å². The molecule has 2 aliphatic carbocycles. The Balaban J connectivity index is 0.000000601. The van der Waals surface area contributed by atoms with Gasteiger partial charge in [0, 0.05) is 0 Å². The first-order chi connectivity index (χ1) is 12.3. The van der Waals surface area contributed by atoms with Crippen LogP contribution in [0.2, 0.25) is 19.6 Å². The van der Waals surface area contributed by atoms with Gasteiger partial charge in [0.05, 0.1) is 8.07 Å². The minimum absolute atomic E-state index is 0. The summed E-state index contributed by atoms with van der Waals surface area (Å²) in [4.78, 5) is 0. The number of allylic oxidation sites excluding steroid dienone is 2. The monoisotopic (exact) mass is 503 g/mol. The summed E-state index contributed by atoms with van der Waals surface area (Å²) >= 11 is 1.55. The van der Waals surface area contributed by atoms with Gasteiger partial charge in [0.15, 0.2) is 0 Å². The predicted octanol–water partition coefficient (Wildman–Crippen LogP) is 0.412. The number of benzene rings is 2. The molecular formula is C24H27Cl2SiZr-. The van der Waals surface area contributed by atoms with Crippen LogP contribution < -0.4 is 24.8 Å². The van der Waals surface area contributed by atoms with Crippen LogP contribution >= 0.6 is 0 Å². The summed E-state index contributed by atoms with van der Waals surface area (Å²) in [5, 5.41) is 1.66. The molecule has 4 heteroatoms. The van der Waals surface area contributed by atoms with Crippen LogP contribution in [0.4, 0.5) is 0 Å². The SMILES string of the molecule is C[C](C)=[Zr+2].C[Si](C)(C)C1=Cc2ccccc2C1C1[C-]=Cc2ccccc21.[Cl-].[Cl-]. The molecule has 2 aromatic carbocycles. The van der Waals surface area contributed by atoms with Gasteiger partial charge in [0.1, 0.15) is 0 Å². The van der Waals surface area contributed by atoms with Gasteiger partial charge in [0.2, 0.25) is 0 Å². The summed E-state index contributed by atoms with van der Waals surface area (Å²) in [7, 11) is -1.37. The van der Waals surface area contributed by atoms with Crippen molar-refractivity contribution in [1.29, 1.82) is 0 Å². The first kappa shape index (κ1) is 25.5. The fraction of sp³-hybridized carbons (Fsp3) is 0.292. The molecule has 0 aliphatic heterocycles. The zero-order chi connectivity index (χ0) is 18.9. The van der Waals surface area contributed by atoms with Crippen molar-refractivity contribution in [2.75, 3.05) is 0 Å². The minimum Gasteiger partial charge on any atom is -1.00 e. The van der Waals surface area contributed by atoms with E-state index in [-0.39, 0.29) is 24.8 Å². The molecule has 0 nitrogen and oxygen atoms in total. The second-order valence-corrected chi connectivity index (χ2v) is 15.9. The molecule has 146 valence electrons. The van der Waals surface area contributed by atoms with Gasteiger partial charge in [-0.2, -0.15) is 5.56 Å². The molecule has 0 fully saturated rings. The third-order valence-electron chi connectivity index (χ3n) is 4.93. The molecule has 2 atom stereocenters. The number of halogens is 2. The summed E-state index contributed by atoms with van der Waals surface area (Å²) in [6.45, 7) is 11.6. The van der Waals surface area contributed by atoms with Crippen molar-refractivity contribution < 1.29 is 49.0 Å². The Kier molecular flexibility index (Phi) is 9.55. The summed E-state index contributed by atoms with van der Waals surface area (Å²) in [5.41, 5.74) is 5.68. The van der Waals surface area contributed by atoms with Crippen LogP contribution in [0.25, 0.3) is 12.2 Å². The Hall–Kier alpha value is -0.530. The van der Waals surface area contributed by atoms with E-state index in [2.05, 4.69) is 100 Å². The van der Waals surface area contributed by atoms with E-state index < -0.39 is 8.07 Å². The average Bonchev–Trinajstić information content (AvgIpc) is 3.14. The molecule has 0 heterocycles. The fourth-order valence-electron chi connectivity index (χ4n) is 3.86. The van der Waals surface area contributed by atoms with Crippen LogP contribution in [-0.2, 0) is 24.2 Å². The third-order valence-corrected chi connectivity index (χ3v) is 7.11. The zero-order valence-electron chi connectivity index (χ0n) is 17.2. The molecule has 28 heavy (non-hydrogen) atoms. The molecule has 2 aromatic rings. The van der Waals surface area contributed by atoms with Gasteiger partial charge in [-0.05, 0) is 17.0 Å². The Morgan fingerprint density at radius 1 is 0.857 bits per heavy atom. The largest absolute Gasteiger partial charge is 1.00 e. The number of rotatable bonds is 2. The molecule has 0 saturated heterocycles. The Morgan fingerprint density at radius 3 is 1.93 bits per heavy atom. The predicted molar refractivity (Wildman–Crippen MR) is 114 cm³/mol. The molecule has 0 saturated carbocycles. The van der Waals surface area contributed by atoms with E-state index in [1.165, 1.54) is 25.5 Å². The van der Waals surface area contributed by atoms with Crippen LogP contribution in [0, 0.1) is 6.08 Å². The second-order valence-electron chi connectivity index (χ2n) is 8.37. The molecule has 0 radical (unpaired) electrons. The second kappa shape index (κ2) is 10.5. The summed E-state index contributed by atoms with van der Waals surface area (Å²) in [5.74, 6) is 0.848. The first-order valence-electron chi connectivity index (χ1n) is 9.30. The summed E-state index contributed by atoms with van der Waals surface area (Å²) < 4.78 is 1.51. The maximum Gasteiger partial charge on any atom is 0.0732 e. The molecule has 0 spiro atoms. The molecule has 0 N–H and O–H groups in total. The van der Waals surface area contributed by atoms with Crippen molar-refractivity contribution in [2.45, 2.75) is 45.3 Å². The number of hydrogen-bond donors (Lipinski definition) is 0. The third kappa shape index (κ3) is 5.54. The van der Waals surface area contributed by atoms with Crippen molar-refractivity contribution in [2.24, 2.45) is 0 Å². The molecular weight excluding hydrogens is 478 g/mol. The first-order valence-corrected chi connectivity index (χ1v) is 14.0. The van der Waals surface area contributed by atoms with Crippen molar-refractivity contribution in [3.8, 4) is 0 Å². The van der Waals surface area contributed by atoms with Gasteiger partial charge >= 0.3 is 41.3 Å². The summed E-state index contributed by atoms with van der Waals surface area (Å²) in [6, 6.07) is 17.7. The maximum absolute atomic E-state index is 3.66. The van der Waals surface area contributed by atoms with E-state index >= 15 is 0 Å². The van der Waals surface area contributed by atoms with Crippen LogP contribution in [0.3, 0.4) is 0 Å². The Bertz CT molecular complexity index is 889. The number of fused-ring (bicyclic) bond motifs is 2. The van der Waals surface area contributed by atoms with Crippen molar-refractivity contribution >= 4 is 23.4 Å². The maximum atomic E-state index is 3.66. The van der Waals surface area contributed by atoms with Crippen molar-refractivity contribution in [3.05, 3.63) is 82.1 Å². The quantitative estimate of drug-likeness (QED) is 0.410. The van der Waals surface area contributed by atoms with E-state index in [0.29, 0.717) is 11.8 Å². The topological polar surface area (TPSA) is 0 Å². The molecule has 2 unspecified atom stereocenters. The van der Waals surface area contributed by atoms with E-state index in [1.807, 2.05) is 0 Å². The van der Waals surface area contributed by atoms with Gasteiger partial charge in [0.25, 0.3) is 0 Å². The number of hydrogen-bond acceptors (Lipinski definition) is 0. The van der Waals surface area contributed by atoms with E-state index in [1.54, 1.807) is 29.4 Å².